The molecule has 0 saturated carbocycles. The molecule has 2 aromatic carbocycles. The van der Waals surface area contributed by atoms with Crippen LogP contribution in [0, 0.1) is 11.6 Å². The first-order valence-electron chi connectivity index (χ1n) is 6.74. The van der Waals surface area contributed by atoms with E-state index in [1.54, 1.807) is 0 Å². The molecule has 0 fully saturated rings. The highest BCUT2D eigenvalue weighted by Gasteiger charge is 2.41. The van der Waals surface area contributed by atoms with Crippen LogP contribution in [0.3, 0.4) is 0 Å². The Kier molecular flexibility index (Phi) is 4.87. The second-order valence-electron chi connectivity index (χ2n) is 5.20. The van der Waals surface area contributed by atoms with Gasteiger partial charge in [0.05, 0.1) is 24.3 Å². The van der Waals surface area contributed by atoms with Gasteiger partial charge in [-0.1, -0.05) is 30.3 Å². The quantitative estimate of drug-likeness (QED) is 0.667. The molecule has 0 radical (unpaired) electrons. The molecule has 2 rings (SSSR count). The zero-order valence-electron chi connectivity index (χ0n) is 11.8. The lowest BCUT2D eigenvalue weighted by Gasteiger charge is -2.36. The van der Waals surface area contributed by atoms with Gasteiger partial charge < -0.3 is 21.7 Å². The van der Waals surface area contributed by atoms with Gasteiger partial charge >= 0.3 is 0 Å². The number of aliphatic hydroxyl groups is 2. The van der Waals surface area contributed by atoms with E-state index in [1.165, 1.54) is 42.5 Å². The Morgan fingerprint density at radius 1 is 1.09 bits per heavy atom. The van der Waals surface area contributed by atoms with Crippen molar-refractivity contribution in [3.05, 3.63) is 71.3 Å². The predicted molar refractivity (Wildman–Crippen MR) is 78.7 cm³/mol. The zero-order valence-corrected chi connectivity index (χ0v) is 11.8. The van der Waals surface area contributed by atoms with Crippen LogP contribution in [0.4, 0.5) is 8.78 Å². The Morgan fingerprint density at radius 2 is 1.77 bits per heavy atom. The first kappa shape index (κ1) is 16.5. The molecule has 0 saturated heterocycles. The third-order valence-corrected chi connectivity index (χ3v) is 3.74. The first-order chi connectivity index (χ1) is 10.4. The van der Waals surface area contributed by atoms with Crippen LogP contribution in [-0.4, -0.2) is 22.9 Å². The Morgan fingerprint density at radius 3 is 2.36 bits per heavy atom. The van der Waals surface area contributed by atoms with E-state index < -0.39 is 35.9 Å². The SMILES string of the molecule is NC(c1cccc(F)c1)C(O)C(N)(CO)c1ccccc1F. The van der Waals surface area contributed by atoms with Crippen molar-refractivity contribution in [3.8, 4) is 0 Å². The van der Waals surface area contributed by atoms with Crippen LogP contribution in [-0.2, 0) is 5.54 Å². The van der Waals surface area contributed by atoms with E-state index in [0.29, 0.717) is 5.56 Å². The molecular weight excluding hydrogens is 290 g/mol. The fourth-order valence-electron chi connectivity index (χ4n) is 2.39. The van der Waals surface area contributed by atoms with Gasteiger partial charge in [-0.25, -0.2) is 8.78 Å². The van der Waals surface area contributed by atoms with Crippen molar-refractivity contribution in [3.63, 3.8) is 0 Å². The topological polar surface area (TPSA) is 92.5 Å². The van der Waals surface area contributed by atoms with Gasteiger partial charge in [0.2, 0.25) is 0 Å². The Labute approximate surface area is 127 Å². The van der Waals surface area contributed by atoms with Gasteiger partial charge in [0.25, 0.3) is 0 Å². The largest absolute Gasteiger partial charge is 0.394 e. The lowest BCUT2D eigenvalue weighted by atomic mass is 9.80. The number of hydrogen-bond donors (Lipinski definition) is 4. The molecule has 22 heavy (non-hydrogen) atoms. The predicted octanol–water partition coefficient (Wildman–Crippen LogP) is 1.17. The van der Waals surface area contributed by atoms with Crippen LogP contribution in [0.5, 0.6) is 0 Å². The summed E-state index contributed by atoms with van der Waals surface area (Å²) in [5.74, 6) is -1.18. The van der Waals surface area contributed by atoms with Crippen molar-refractivity contribution in [1.82, 2.24) is 0 Å². The normalized spacial score (nSPS) is 16.8. The van der Waals surface area contributed by atoms with Crippen molar-refractivity contribution in [2.75, 3.05) is 6.61 Å². The number of aliphatic hydroxyl groups excluding tert-OH is 2. The average molecular weight is 308 g/mol. The molecule has 0 amide bonds. The molecule has 0 heterocycles. The summed E-state index contributed by atoms with van der Waals surface area (Å²) in [6, 6.07) is 9.82. The van der Waals surface area contributed by atoms with Gasteiger partial charge in [-0.2, -0.15) is 0 Å². The summed E-state index contributed by atoms with van der Waals surface area (Å²) in [5.41, 5.74) is 10.4. The van der Waals surface area contributed by atoms with E-state index in [1.807, 2.05) is 0 Å². The number of rotatable bonds is 5. The van der Waals surface area contributed by atoms with Gasteiger partial charge in [-0.15, -0.1) is 0 Å². The highest BCUT2D eigenvalue weighted by atomic mass is 19.1. The Balaban J connectivity index is 2.40. The summed E-state index contributed by atoms with van der Waals surface area (Å²) < 4.78 is 27.2. The van der Waals surface area contributed by atoms with E-state index in [0.717, 1.165) is 6.07 Å². The van der Waals surface area contributed by atoms with E-state index in [4.69, 9.17) is 11.5 Å². The fraction of sp³-hybridized carbons (Fsp3) is 0.250. The van der Waals surface area contributed by atoms with Gasteiger partial charge in [0.1, 0.15) is 11.6 Å². The molecule has 3 atom stereocenters. The van der Waals surface area contributed by atoms with Gasteiger partial charge in [0, 0.05) is 5.56 Å². The summed E-state index contributed by atoms with van der Waals surface area (Å²) in [7, 11) is 0. The molecule has 0 aliphatic rings. The number of benzene rings is 2. The lowest BCUT2D eigenvalue weighted by Crippen LogP contribution is -2.55. The average Bonchev–Trinajstić information content (AvgIpc) is 2.53. The van der Waals surface area contributed by atoms with Crippen molar-refractivity contribution < 1.29 is 19.0 Å². The van der Waals surface area contributed by atoms with Crippen molar-refractivity contribution in [2.24, 2.45) is 11.5 Å². The van der Waals surface area contributed by atoms with Crippen LogP contribution >= 0.6 is 0 Å². The van der Waals surface area contributed by atoms with Crippen molar-refractivity contribution >= 4 is 0 Å². The van der Waals surface area contributed by atoms with Gasteiger partial charge in [-0.3, -0.25) is 0 Å². The minimum absolute atomic E-state index is 0.0585. The van der Waals surface area contributed by atoms with Gasteiger partial charge in [0.15, 0.2) is 0 Å². The third-order valence-electron chi connectivity index (χ3n) is 3.74. The van der Waals surface area contributed by atoms with E-state index in [-0.39, 0.29) is 5.56 Å². The monoisotopic (exact) mass is 308 g/mol. The summed E-state index contributed by atoms with van der Waals surface area (Å²) in [6.45, 7) is -0.724. The summed E-state index contributed by atoms with van der Waals surface area (Å²) >= 11 is 0. The zero-order chi connectivity index (χ0) is 16.3. The smallest absolute Gasteiger partial charge is 0.128 e. The molecule has 6 heteroatoms. The van der Waals surface area contributed by atoms with Crippen LogP contribution < -0.4 is 11.5 Å². The minimum Gasteiger partial charge on any atom is -0.394 e. The second kappa shape index (κ2) is 6.50. The lowest BCUT2D eigenvalue weighted by molar-refractivity contribution is 0.0207. The van der Waals surface area contributed by atoms with Crippen LogP contribution in [0.25, 0.3) is 0 Å². The van der Waals surface area contributed by atoms with E-state index in [9.17, 15) is 19.0 Å². The number of nitrogens with two attached hydrogens (primary N) is 2. The Bertz CT molecular complexity index is 654. The molecule has 4 nitrogen and oxygen atoms in total. The third kappa shape index (κ3) is 3.00. The van der Waals surface area contributed by atoms with E-state index >= 15 is 0 Å². The van der Waals surface area contributed by atoms with Crippen LogP contribution in [0.15, 0.2) is 48.5 Å². The second-order valence-corrected chi connectivity index (χ2v) is 5.20. The molecule has 2 aromatic rings. The first-order valence-corrected chi connectivity index (χ1v) is 6.74. The maximum atomic E-state index is 14.0. The molecule has 0 aromatic heterocycles. The molecule has 3 unspecified atom stereocenters. The Hall–Kier alpha value is -1.86. The molecular formula is C16H18F2N2O2. The maximum Gasteiger partial charge on any atom is 0.128 e. The summed E-state index contributed by atoms with van der Waals surface area (Å²) in [4.78, 5) is 0. The molecule has 118 valence electrons. The molecule has 0 spiro atoms. The molecule has 0 bridgehead atoms. The highest BCUT2D eigenvalue weighted by Crippen LogP contribution is 2.31. The van der Waals surface area contributed by atoms with Crippen LogP contribution in [0.2, 0.25) is 0 Å². The molecule has 0 aliphatic carbocycles. The summed E-state index contributed by atoms with van der Waals surface area (Å²) in [5, 5.41) is 20.1. The number of halogens is 2. The van der Waals surface area contributed by atoms with Crippen molar-refractivity contribution in [1.29, 1.82) is 0 Å². The van der Waals surface area contributed by atoms with E-state index in [2.05, 4.69) is 0 Å². The maximum absolute atomic E-state index is 14.0. The van der Waals surface area contributed by atoms with Gasteiger partial charge in [-0.05, 0) is 23.8 Å². The summed E-state index contributed by atoms with van der Waals surface area (Å²) in [6.07, 6.45) is -1.52. The minimum atomic E-state index is -1.81. The fourth-order valence-corrected chi connectivity index (χ4v) is 2.39. The van der Waals surface area contributed by atoms with Crippen molar-refractivity contribution in [2.45, 2.75) is 17.7 Å². The molecule has 0 aliphatic heterocycles. The molecule has 6 N–H and O–H groups in total. The standard InChI is InChI=1S/C16H18F2N2O2/c17-11-5-3-4-10(8-11)14(19)15(22)16(20,9-21)12-6-1-2-7-13(12)18/h1-8,14-15,21-22H,9,19-20H2. The number of hydrogen-bond acceptors (Lipinski definition) is 4. The van der Waals surface area contributed by atoms with Crippen LogP contribution in [0.1, 0.15) is 17.2 Å². The highest BCUT2D eigenvalue weighted by molar-refractivity contribution is 5.30.